The summed E-state index contributed by atoms with van der Waals surface area (Å²) in [6.45, 7) is 1.48. The Morgan fingerprint density at radius 2 is 1.60 bits per heavy atom. The van der Waals surface area contributed by atoms with Gasteiger partial charge in [0.1, 0.15) is 11.5 Å². The van der Waals surface area contributed by atoms with Crippen LogP contribution in [0, 0.1) is 0 Å². The second-order valence-corrected chi connectivity index (χ2v) is 6.63. The molecule has 7 nitrogen and oxygen atoms in total. The first-order valence-electron chi connectivity index (χ1n) is 9.41. The van der Waals surface area contributed by atoms with E-state index in [9.17, 15) is 9.59 Å². The van der Waals surface area contributed by atoms with Gasteiger partial charge in [0.2, 0.25) is 5.91 Å². The monoisotopic (exact) mass is 405 g/mol. The summed E-state index contributed by atoms with van der Waals surface area (Å²) >= 11 is 0. The van der Waals surface area contributed by atoms with E-state index in [4.69, 9.17) is 9.47 Å². The summed E-state index contributed by atoms with van der Waals surface area (Å²) in [6.07, 6.45) is 0.0619. The predicted octanol–water partition coefficient (Wildman–Crippen LogP) is 3.75. The Kier molecular flexibility index (Phi) is 7.00. The Morgan fingerprint density at radius 3 is 2.33 bits per heavy atom. The number of amides is 2. The molecular weight excluding hydrogens is 382 g/mol. The first kappa shape index (κ1) is 20.9. The maximum Gasteiger partial charge on any atom is 0.277 e. The molecule has 0 unspecified atom stereocenters. The fourth-order valence-electron chi connectivity index (χ4n) is 2.76. The number of methoxy groups -OCH3 is 1. The average Bonchev–Trinajstić information content (AvgIpc) is 2.76. The highest BCUT2D eigenvalue weighted by atomic mass is 16.5. The van der Waals surface area contributed by atoms with Gasteiger partial charge >= 0.3 is 0 Å². The van der Waals surface area contributed by atoms with Crippen LogP contribution in [0.3, 0.4) is 0 Å². The fraction of sp³-hybridized carbons (Fsp3) is 0.174. The Hall–Kier alpha value is -3.87. The van der Waals surface area contributed by atoms with Crippen molar-refractivity contribution in [2.24, 2.45) is 5.10 Å². The van der Waals surface area contributed by atoms with Gasteiger partial charge in [0.15, 0.2) is 6.61 Å². The number of ether oxygens (including phenoxy) is 2. The first-order valence-corrected chi connectivity index (χ1v) is 9.41. The number of nitrogens with zero attached hydrogens (tertiary/aromatic N) is 1. The van der Waals surface area contributed by atoms with Crippen LogP contribution in [0.25, 0.3) is 10.8 Å². The summed E-state index contributed by atoms with van der Waals surface area (Å²) in [6, 6.07) is 20.5. The summed E-state index contributed by atoms with van der Waals surface area (Å²) in [4.78, 5) is 24.1. The van der Waals surface area contributed by atoms with Gasteiger partial charge in [0.25, 0.3) is 5.91 Å². The minimum Gasteiger partial charge on any atom is -0.497 e. The van der Waals surface area contributed by atoms with Crippen LogP contribution in [0.15, 0.2) is 71.8 Å². The van der Waals surface area contributed by atoms with Crippen LogP contribution >= 0.6 is 0 Å². The first-order chi connectivity index (χ1) is 14.5. The van der Waals surface area contributed by atoms with Crippen molar-refractivity contribution < 1.29 is 19.1 Å². The number of rotatable bonds is 8. The molecule has 7 heteroatoms. The van der Waals surface area contributed by atoms with E-state index < -0.39 is 5.91 Å². The van der Waals surface area contributed by atoms with Crippen molar-refractivity contribution in [3.63, 3.8) is 0 Å². The van der Waals surface area contributed by atoms with Crippen LogP contribution in [0.2, 0.25) is 0 Å². The molecular formula is C23H23N3O4. The fourth-order valence-corrected chi connectivity index (χ4v) is 2.76. The minimum absolute atomic E-state index is 0.0619. The molecule has 0 aliphatic rings. The van der Waals surface area contributed by atoms with E-state index in [1.807, 2.05) is 42.5 Å². The SMILES string of the molecule is COc1ccc(OCC(=O)NN=C(C)CC(=O)Nc2ccc3ccccc3c2)cc1. The van der Waals surface area contributed by atoms with Crippen LogP contribution in [0.1, 0.15) is 13.3 Å². The summed E-state index contributed by atoms with van der Waals surface area (Å²) in [5.41, 5.74) is 3.58. The maximum absolute atomic E-state index is 12.2. The topological polar surface area (TPSA) is 89.0 Å². The third-order valence-corrected chi connectivity index (χ3v) is 4.25. The summed E-state index contributed by atoms with van der Waals surface area (Å²) in [5.74, 6) is 0.616. The van der Waals surface area contributed by atoms with Gasteiger partial charge in [-0.05, 0) is 54.1 Å². The van der Waals surface area contributed by atoms with Crippen LogP contribution in [0.4, 0.5) is 5.69 Å². The lowest BCUT2D eigenvalue weighted by Crippen LogP contribution is -2.26. The number of benzene rings is 3. The molecule has 0 aliphatic carbocycles. The summed E-state index contributed by atoms with van der Waals surface area (Å²) in [5, 5.41) is 8.94. The highest BCUT2D eigenvalue weighted by Crippen LogP contribution is 2.19. The number of carbonyl (C=O) groups is 2. The number of nitrogens with one attached hydrogen (secondary N) is 2. The Labute approximate surface area is 174 Å². The lowest BCUT2D eigenvalue weighted by Gasteiger charge is -2.08. The van der Waals surface area contributed by atoms with Gasteiger partial charge in [-0.25, -0.2) is 5.43 Å². The quantitative estimate of drug-likeness (QED) is 0.441. The zero-order valence-electron chi connectivity index (χ0n) is 16.8. The minimum atomic E-state index is -0.417. The van der Waals surface area contributed by atoms with E-state index in [0.717, 1.165) is 10.8 Å². The molecule has 0 spiro atoms. The standard InChI is InChI=1S/C23H23N3O4/c1-16(25-26-23(28)15-30-21-11-9-20(29-2)10-12-21)13-22(27)24-19-8-7-17-5-3-4-6-18(17)14-19/h3-12,14H,13,15H2,1-2H3,(H,24,27)(H,26,28). The van der Waals surface area contributed by atoms with E-state index in [2.05, 4.69) is 15.8 Å². The summed E-state index contributed by atoms with van der Waals surface area (Å²) < 4.78 is 10.4. The third-order valence-electron chi connectivity index (χ3n) is 4.25. The Balaban J connectivity index is 1.44. The zero-order valence-corrected chi connectivity index (χ0v) is 16.8. The molecule has 2 amide bonds. The average molecular weight is 405 g/mol. The van der Waals surface area contributed by atoms with Gasteiger partial charge in [0.05, 0.1) is 13.5 Å². The lowest BCUT2D eigenvalue weighted by atomic mass is 10.1. The van der Waals surface area contributed by atoms with E-state index in [1.54, 1.807) is 38.3 Å². The largest absolute Gasteiger partial charge is 0.497 e. The molecule has 3 aromatic carbocycles. The molecule has 0 bridgehead atoms. The van der Waals surface area contributed by atoms with Crippen molar-refractivity contribution in [3.05, 3.63) is 66.7 Å². The van der Waals surface area contributed by atoms with Gasteiger partial charge in [-0.15, -0.1) is 0 Å². The van der Waals surface area contributed by atoms with E-state index >= 15 is 0 Å². The van der Waals surface area contributed by atoms with Crippen molar-refractivity contribution in [1.82, 2.24) is 5.43 Å². The highest BCUT2D eigenvalue weighted by molar-refractivity contribution is 6.06. The molecule has 3 rings (SSSR count). The zero-order chi connectivity index (χ0) is 21.3. The number of anilines is 1. The van der Waals surface area contributed by atoms with Crippen LogP contribution < -0.4 is 20.2 Å². The smallest absolute Gasteiger partial charge is 0.277 e. The predicted molar refractivity (Wildman–Crippen MR) is 117 cm³/mol. The van der Waals surface area contributed by atoms with Gasteiger partial charge < -0.3 is 14.8 Å². The van der Waals surface area contributed by atoms with Gasteiger partial charge in [0, 0.05) is 11.4 Å². The van der Waals surface area contributed by atoms with Crippen LogP contribution in [0.5, 0.6) is 11.5 Å². The lowest BCUT2D eigenvalue weighted by molar-refractivity contribution is -0.123. The number of fused-ring (bicyclic) bond motifs is 1. The molecule has 0 radical (unpaired) electrons. The molecule has 0 saturated heterocycles. The normalized spacial score (nSPS) is 11.1. The van der Waals surface area contributed by atoms with Crippen molar-refractivity contribution >= 4 is 34.0 Å². The number of hydrogen-bond donors (Lipinski definition) is 2. The second-order valence-electron chi connectivity index (χ2n) is 6.63. The molecule has 154 valence electrons. The van der Waals surface area contributed by atoms with Gasteiger partial charge in [-0.3, -0.25) is 9.59 Å². The van der Waals surface area contributed by atoms with E-state index in [1.165, 1.54) is 0 Å². The van der Waals surface area contributed by atoms with Crippen molar-refractivity contribution in [3.8, 4) is 11.5 Å². The molecule has 0 heterocycles. The van der Waals surface area contributed by atoms with Crippen molar-refractivity contribution in [2.75, 3.05) is 19.0 Å². The number of hydrogen-bond acceptors (Lipinski definition) is 5. The van der Waals surface area contributed by atoms with Crippen molar-refractivity contribution in [1.29, 1.82) is 0 Å². The molecule has 0 aliphatic heterocycles. The number of hydrazone groups is 1. The highest BCUT2D eigenvalue weighted by Gasteiger charge is 2.07. The molecule has 2 N–H and O–H groups in total. The second kappa shape index (κ2) is 10.1. The maximum atomic E-state index is 12.2. The third kappa shape index (κ3) is 6.07. The van der Waals surface area contributed by atoms with E-state index in [0.29, 0.717) is 22.9 Å². The molecule has 0 aromatic heterocycles. The molecule has 0 atom stereocenters. The van der Waals surface area contributed by atoms with Crippen LogP contribution in [-0.4, -0.2) is 31.2 Å². The van der Waals surface area contributed by atoms with Gasteiger partial charge in [-0.2, -0.15) is 5.10 Å². The molecule has 3 aromatic rings. The molecule has 0 fully saturated rings. The molecule has 0 saturated carbocycles. The molecule has 30 heavy (non-hydrogen) atoms. The summed E-state index contributed by atoms with van der Waals surface area (Å²) in [7, 11) is 1.58. The Morgan fingerprint density at radius 1 is 0.900 bits per heavy atom. The van der Waals surface area contributed by atoms with E-state index in [-0.39, 0.29) is 18.9 Å². The van der Waals surface area contributed by atoms with Crippen molar-refractivity contribution in [2.45, 2.75) is 13.3 Å². The van der Waals surface area contributed by atoms with Gasteiger partial charge in [-0.1, -0.05) is 30.3 Å². The Bertz CT molecular complexity index is 1060. The van der Waals surface area contributed by atoms with Crippen LogP contribution in [-0.2, 0) is 9.59 Å². The number of carbonyl (C=O) groups excluding carboxylic acids is 2.